The van der Waals surface area contributed by atoms with Crippen LogP contribution in [0.15, 0.2) is 35.5 Å². The van der Waals surface area contributed by atoms with Crippen molar-refractivity contribution in [1.29, 1.82) is 0 Å². The summed E-state index contributed by atoms with van der Waals surface area (Å²) in [7, 11) is 1.95. The molecule has 0 spiro atoms. The Hall–Kier alpha value is -1.86. The molecule has 0 aliphatic carbocycles. The fourth-order valence-electron chi connectivity index (χ4n) is 3.01. The zero-order valence-corrected chi connectivity index (χ0v) is 15.9. The lowest BCUT2D eigenvalue weighted by Gasteiger charge is -2.35. The summed E-state index contributed by atoms with van der Waals surface area (Å²) in [6.07, 6.45) is 0. The molecule has 134 valence electrons. The maximum Gasteiger partial charge on any atom is 0.235 e. The first-order valence-corrected chi connectivity index (χ1v) is 9.60. The molecule has 0 radical (unpaired) electrons. The summed E-state index contributed by atoms with van der Waals surface area (Å²) >= 11 is 1.48. The van der Waals surface area contributed by atoms with Gasteiger partial charge in [-0.1, -0.05) is 49.0 Å². The lowest BCUT2D eigenvalue weighted by atomic mass is 10.2. The third kappa shape index (κ3) is 4.04. The summed E-state index contributed by atoms with van der Waals surface area (Å²) in [4.78, 5) is 17.1. The van der Waals surface area contributed by atoms with Crippen LogP contribution in [0.25, 0.3) is 11.4 Å². The van der Waals surface area contributed by atoms with E-state index in [1.165, 1.54) is 11.8 Å². The molecule has 1 saturated heterocycles. The maximum atomic E-state index is 12.7. The first-order chi connectivity index (χ1) is 12.1. The van der Waals surface area contributed by atoms with Gasteiger partial charge in [0.15, 0.2) is 11.0 Å². The lowest BCUT2D eigenvalue weighted by molar-refractivity contribution is -0.132. The number of rotatable bonds is 5. The summed E-state index contributed by atoms with van der Waals surface area (Å²) in [6.45, 7) is 8.71. The van der Waals surface area contributed by atoms with Crippen molar-refractivity contribution in [1.82, 2.24) is 24.6 Å². The molecule has 25 heavy (non-hydrogen) atoms. The third-order valence-electron chi connectivity index (χ3n) is 4.63. The van der Waals surface area contributed by atoms with Crippen molar-refractivity contribution in [3.8, 4) is 11.4 Å². The molecule has 1 fully saturated rings. The number of benzene rings is 1. The molecule has 0 saturated carbocycles. The third-order valence-corrected chi connectivity index (χ3v) is 5.75. The van der Waals surface area contributed by atoms with Crippen LogP contribution in [0.1, 0.15) is 13.8 Å². The van der Waals surface area contributed by atoms with E-state index in [1.54, 1.807) is 0 Å². The van der Waals surface area contributed by atoms with Crippen LogP contribution < -0.4 is 0 Å². The molecule has 2 heterocycles. The Morgan fingerprint density at radius 2 is 1.84 bits per heavy atom. The number of piperazine rings is 1. The van der Waals surface area contributed by atoms with Crippen LogP contribution in [0.4, 0.5) is 0 Å². The standard InChI is InChI=1S/C18H25N5OS/c1-4-22-10-12-23(13-11-22)17(24)14(2)25-18-20-19-16(21(18)3)15-8-6-5-7-9-15/h5-9,14H,4,10-13H2,1-3H3/t14-/m0/s1. The van der Waals surface area contributed by atoms with E-state index in [1.807, 2.05) is 53.8 Å². The normalized spacial score (nSPS) is 16.8. The molecule has 1 amide bonds. The lowest BCUT2D eigenvalue weighted by Crippen LogP contribution is -2.50. The van der Waals surface area contributed by atoms with Crippen molar-refractivity contribution >= 4 is 17.7 Å². The van der Waals surface area contributed by atoms with Gasteiger partial charge in [-0.3, -0.25) is 4.79 Å². The molecule has 0 unspecified atom stereocenters. The molecular weight excluding hydrogens is 334 g/mol. The minimum absolute atomic E-state index is 0.167. The fourth-order valence-corrected chi connectivity index (χ4v) is 3.90. The van der Waals surface area contributed by atoms with Gasteiger partial charge in [-0.2, -0.15) is 0 Å². The van der Waals surface area contributed by atoms with E-state index >= 15 is 0 Å². The second kappa shape index (κ2) is 8.01. The Morgan fingerprint density at radius 1 is 1.16 bits per heavy atom. The van der Waals surface area contributed by atoms with E-state index in [0.717, 1.165) is 49.3 Å². The summed E-state index contributed by atoms with van der Waals surface area (Å²) < 4.78 is 1.96. The molecule has 3 rings (SSSR count). The number of carbonyl (C=O) groups is 1. The van der Waals surface area contributed by atoms with Crippen molar-refractivity contribution in [3.05, 3.63) is 30.3 Å². The monoisotopic (exact) mass is 359 g/mol. The van der Waals surface area contributed by atoms with Crippen LogP contribution in [0.2, 0.25) is 0 Å². The van der Waals surface area contributed by atoms with Crippen LogP contribution in [-0.2, 0) is 11.8 Å². The van der Waals surface area contributed by atoms with E-state index in [9.17, 15) is 4.79 Å². The van der Waals surface area contributed by atoms with Gasteiger partial charge in [-0.15, -0.1) is 10.2 Å². The van der Waals surface area contributed by atoms with Gasteiger partial charge in [-0.05, 0) is 13.5 Å². The zero-order chi connectivity index (χ0) is 17.8. The number of hydrogen-bond donors (Lipinski definition) is 0. The number of thioether (sulfide) groups is 1. The smallest absolute Gasteiger partial charge is 0.235 e. The van der Waals surface area contributed by atoms with Gasteiger partial charge in [0, 0.05) is 38.8 Å². The quantitative estimate of drug-likeness (QED) is 0.766. The molecule has 2 aromatic rings. The number of nitrogens with zero attached hydrogens (tertiary/aromatic N) is 5. The van der Waals surface area contributed by atoms with Gasteiger partial charge in [0.05, 0.1) is 5.25 Å². The Labute approximate surface area is 153 Å². The summed E-state index contributed by atoms with van der Waals surface area (Å²) in [5.74, 6) is 1.00. The van der Waals surface area contributed by atoms with Gasteiger partial charge in [-0.25, -0.2) is 0 Å². The maximum absolute atomic E-state index is 12.7. The molecule has 1 aromatic carbocycles. The number of hydrogen-bond acceptors (Lipinski definition) is 5. The minimum atomic E-state index is -0.167. The van der Waals surface area contributed by atoms with Crippen molar-refractivity contribution in [2.24, 2.45) is 7.05 Å². The van der Waals surface area contributed by atoms with Crippen molar-refractivity contribution < 1.29 is 4.79 Å². The molecule has 0 N–H and O–H groups in total. The molecule has 1 aromatic heterocycles. The number of aromatic nitrogens is 3. The van der Waals surface area contributed by atoms with Crippen LogP contribution in [0.3, 0.4) is 0 Å². The van der Waals surface area contributed by atoms with Crippen LogP contribution >= 0.6 is 11.8 Å². The molecule has 0 bridgehead atoms. The predicted octanol–water partition coefficient (Wildman–Crippen LogP) is 2.13. The van der Waals surface area contributed by atoms with Gasteiger partial charge in [0.25, 0.3) is 0 Å². The van der Waals surface area contributed by atoms with Crippen molar-refractivity contribution in [2.45, 2.75) is 24.3 Å². The highest BCUT2D eigenvalue weighted by atomic mass is 32.2. The van der Waals surface area contributed by atoms with Crippen molar-refractivity contribution in [2.75, 3.05) is 32.7 Å². The van der Waals surface area contributed by atoms with Gasteiger partial charge in [0.2, 0.25) is 5.91 Å². The Kier molecular flexibility index (Phi) is 5.75. The number of carbonyl (C=O) groups excluding carboxylic acids is 1. The molecule has 7 heteroatoms. The Bertz CT molecular complexity index is 710. The summed E-state index contributed by atoms with van der Waals surface area (Å²) in [6, 6.07) is 9.98. The van der Waals surface area contributed by atoms with Gasteiger partial charge >= 0.3 is 0 Å². The zero-order valence-electron chi connectivity index (χ0n) is 15.1. The number of amides is 1. The average Bonchev–Trinajstić information content (AvgIpc) is 3.02. The van der Waals surface area contributed by atoms with E-state index in [2.05, 4.69) is 22.0 Å². The van der Waals surface area contributed by atoms with Gasteiger partial charge in [0.1, 0.15) is 0 Å². The molecule has 1 aliphatic heterocycles. The second-order valence-corrected chi connectivity index (χ2v) is 7.56. The highest BCUT2D eigenvalue weighted by Gasteiger charge is 2.26. The highest BCUT2D eigenvalue weighted by Crippen LogP contribution is 2.26. The second-order valence-electron chi connectivity index (χ2n) is 6.25. The number of likely N-dealkylation sites (N-methyl/N-ethyl adjacent to an activating group) is 1. The molecular formula is C18H25N5OS. The van der Waals surface area contributed by atoms with Crippen LogP contribution in [0, 0.1) is 0 Å². The summed E-state index contributed by atoms with van der Waals surface area (Å²) in [5, 5.41) is 9.18. The molecule has 6 nitrogen and oxygen atoms in total. The Morgan fingerprint density at radius 3 is 2.48 bits per heavy atom. The summed E-state index contributed by atoms with van der Waals surface area (Å²) in [5.41, 5.74) is 1.03. The first-order valence-electron chi connectivity index (χ1n) is 8.72. The highest BCUT2D eigenvalue weighted by molar-refractivity contribution is 8.00. The van der Waals surface area contributed by atoms with Crippen LogP contribution in [-0.4, -0.2) is 68.4 Å². The molecule has 1 aliphatic rings. The van der Waals surface area contributed by atoms with E-state index < -0.39 is 0 Å². The minimum Gasteiger partial charge on any atom is -0.339 e. The molecule has 1 atom stereocenters. The fraction of sp³-hybridized carbons (Fsp3) is 0.500. The van der Waals surface area contributed by atoms with Crippen LogP contribution in [0.5, 0.6) is 0 Å². The van der Waals surface area contributed by atoms with E-state index in [0.29, 0.717) is 0 Å². The van der Waals surface area contributed by atoms with E-state index in [-0.39, 0.29) is 11.2 Å². The van der Waals surface area contributed by atoms with E-state index in [4.69, 9.17) is 0 Å². The van der Waals surface area contributed by atoms with Crippen molar-refractivity contribution in [3.63, 3.8) is 0 Å². The predicted molar refractivity (Wildman–Crippen MR) is 100 cm³/mol. The first kappa shape index (κ1) is 17.9. The average molecular weight is 359 g/mol. The largest absolute Gasteiger partial charge is 0.339 e. The topological polar surface area (TPSA) is 54.3 Å². The van der Waals surface area contributed by atoms with Gasteiger partial charge < -0.3 is 14.4 Å². The Balaban J connectivity index is 1.64. The SMILES string of the molecule is CCN1CCN(C(=O)[C@H](C)Sc2nnc(-c3ccccc3)n2C)CC1.